The lowest BCUT2D eigenvalue weighted by Gasteiger charge is -2.38. The van der Waals surface area contributed by atoms with E-state index < -0.39 is 17.8 Å². The molecule has 0 unspecified atom stereocenters. The van der Waals surface area contributed by atoms with Gasteiger partial charge in [-0.2, -0.15) is 0 Å². The fourth-order valence-electron chi connectivity index (χ4n) is 6.64. The summed E-state index contributed by atoms with van der Waals surface area (Å²) in [6, 6.07) is 19.8. The molecule has 0 atom stereocenters. The molecule has 0 amide bonds. The van der Waals surface area contributed by atoms with Gasteiger partial charge in [-0.1, -0.05) is 30.3 Å². The van der Waals surface area contributed by atoms with Crippen LogP contribution in [-0.4, -0.2) is 51.6 Å². The van der Waals surface area contributed by atoms with Crippen LogP contribution in [0.4, 0.5) is 0 Å². The first-order valence-electron chi connectivity index (χ1n) is 14.4. The lowest BCUT2D eigenvalue weighted by Crippen LogP contribution is -2.45. The minimum atomic E-state index is -1.12. The molecular formula is C35H36O8. The molecular weight excluding hydrogens is 548 g/mol. The molecule has 2 aliphatic rings. The molecule has 0 heterocycles. The second kappa shape index (κ2) is 12.8. The van der Waals surface area contributed by atoms with Crippen LogP contribution in [0.5, 0.6) is 23.0 Å². The van der Waals surface area contributed by atoms with Crippen LogP contribution in [0.2, 0.25) is 0 Å². The number of carbonyl (C=O) groups is 4. The minimum Gasteiger partial charge on any atom is -0.497 e. The molecule has 0 N–H and O–H groups in total. The summed E-state index contributed by atoms with van der Waals surface area (Å²) in [5.74, 6) is -2.60. The molecule has 0 saturated heterocycles. The zero-order valence-corrected chi connectivity index (χ0v) is 24.8. The summed E-state index contributed by atoms with van der Waals surface area (Å²) >= 11 is 0. The minimum absolute atomic E-state index is 0.135. The fraction of sp³-hybridized carbons (Fsp3) is 0.371. The first-order valence-corrected chi connectivity index (χ1v) is 14.4. The number of methoxy groups -OCH3 is 4. The topological polar surface area (TPSA) is 105 Å². The molecule has 8 nitrogen and oxygen atoms in total. The van der Waals surface area contributed by atoms with Crippen LogP contribution in [0.15, 0.2) is 66.7 Å². The lowest BCUT2D eigenvalue weighted by molar-refractivity contribution is -0.142. The number of rotatable bonds is 9. The Labute approximate surface area is 251 Å². The summed E-state index contributed by atoms with van der Waals surface area (Å²) in [6.07, 6.45) is 0.540. The van der Waals surface area contributed by atoms with Gasteiger partial charge >= 0.3 is 0 Å². The number of carbonyl (C=O) groups excluding carboxylic acids is 4. The van der Waals surface area contributed by atoms with E-state index in [2.05, 4.69) is 0 Å². The van der Waals surface area contributed by atoms with Crippen molar-refractivity contribution in [2.75, 3.05) is 28.4 Å². The van der Waals surface area contributed by atoms with Gasteiger partial charge in [0, 0.05) is 31.6 Å². The van der Waals surface area contributed by atoms with Gasteiger partial charge in [0.2, 0.25) is 0 Å². The van der Waals surface area contributed by atoms with Gasteiger partial charge in [0.1, 0.15) is 34.6 Å². The van der Waals surface area contributed by atoms with Crippen LogP contribution in [-0.2, 0) is 19.2 Å². The number of Topliss-reactive ketones (excluding diaryl/α,β-unsaturated/α-hetero) is 4. The molecule has 43 heavy (non-hydrogen) atoms. The molecule has 8 heteroatoms. The normalized spacial score (nSPS) is 23.1. The largest absolute Gasteiger partial charge is 0.497 e. The molecule has 224 valence electrons. The number of ether oxygens (including phenoxy) is 4. The van der Waals surface area contributed by atoms with Crippen LogP contribution in [0.25, 0.3) is 0 Å². The van der Waals surface area contributed by atoms with Crippen LogP contribution < -0.4 is 18.9 Å². The van der Waals surface area contributed by atoms with Crippen molar-refractivity contribution in [3.63, 3.8) is 0 Å². The first-order chi connectivity index (χ1) is 20.8. The Balaban J connectivity index is 1.49. The van der Waals surface area contributed by atoms with Crippen molar-refractivity contribution >= 4 is 23.1 Å². The van der Waals surface area contributed by atoms with Gasteiger partial charge in [-0.25, -0.2) is 0 Å². The standard InChI is InChI=1S/C35H36O8/c1-40-25-10-5-20(6-11-25)23-15-27(36)34(28(37)16-23)33(22-9-14-31(42-3)32(19-22)43-4)35-29(38)17-24(18-30(35)39)21-7-12-26(41-2)13-8-21/h5-14,19,23-24,33-35H,15-18H2,1-4H3. The molecule has 3 aromatic rings. The van der Waals surface area contributed by atoms with Gasteiger partial charge in [0.25, 0.3) is 0 Å². The van der Waals surface area contributed by atoms with E-state index >= 15 is 0 Å². The highest BCUT2D eigenvalue weighted by atomic mass is 16.5. The van der Waals surface area contributed by atoms with Crippen LogP contribution in [0.3, 0.4) is 0 Å². The Morgan fingerprint density at radius 1 is 0.512 bits per heavy atom. The predicted molar refractivity (Wildman–Crippen MR) is 159 cm³/mol. The van der Waals surface area contributed by atoms with Gasteiger partial charge in [-0.3, -0.25) is 19.2 Å². The molecule has 0 spiro atoms. The third-order valence-corrected chi connectivity index (χ3v) is 8.86. The predicted octanol–water partition coefficient (Wildman–Crippen LogP) is 5.47. The van der Waals surface area contributed by atoms with Crippen molar-refractivity contribution in [3.05, 3.63) is 83.4 Å². The van der Waals surface area contributed by atoms with E-state index in [9.17, 15) is 19.2 Å². The highest BCUT2D eigenvalue weighted by molar-refractivity contribution is 6.11. The lowest BCUT2D eigenvalue weighted by atomic mass is 9.62. The summed E-state index contributed by atoms with van der Waals surface area (Å²) < 4.78 is 21.4. The quantitative estimate of drug-likeness (QED) is 0.305. The zero-order chi connectivity index (χ0) is 30.7. The van der Waals surface area contributed by atoms with Crippen LogP contribution in [0.1, 0.15) is 60.1 Å². The maximum Gasteiger partial charge on any atom is 0.160 e. The Morgan fingerprint density at radius 3 is 1.26 bits per heavy atom. The number of hydrogen-bond acceptors (Lipinski definition) is 8. The van der Waals surface area contributed by atoms with E-state index in [-0.39, 0.29) is 60.7 Å². The summed E-state index contributed by atoms with van der Waals surface area (Å²) in [4.78, 5) is 55.5. The average Bonchev–Trinajstić information content (AvgIpc) is 3.03. The van der Waals surface area contributed by atoms with E-state index in [4.69, 9.17) is 18.9 Å². The second-order valence-electron chi connectivity index (χ2n) is 11.2. The summed E-state index contributed by atoms with van der Waals surface area (Å²) in [6.45, 7) is 0. The molecule has 0 aliphatic heterocycles. The van der Waals surface area contributed by atoms with Gasteiger partial charge in [0.05, 0.1) is 40.3 Å². The van der Waals surface area contributed by atoms with Crippen molar-refractivity contribution < 1.29 is 38.1 Å². The average molecular weight is 585 g/mol. The molecule has 5 rings (SSSR count). The van der Waals surface area contributed by atoms with E-state index in [0.29, 0.717) is 28.6 Å². The smallest absolute Gasteiger partial charge is 0.160 e. The SMILES string of the molecule is COc1ccc(C2CC(=O)C(C(c3ccc(OC)c(OC)c3)C3C(=O)CC(c4ccc(OC)cc4)CC3=O)C(=O)C2)cc1. The maximum absolute atomic E-state index is 13.9. The molecule has 2 aliphatic carbocycles. The van der Waals surface area contributed by atoms with Crippen molar-refractivity contribution in [3.8, 4) is 23.0 Å². The molecule has 0 radical (unpaired) electrons. The van der Waals surface area contributed by atoms with E-state index in [0.717, 1.165) is 11.1 Å². The third-order valence-electron chi connectivity index (χ3n) is 8.86. The molecule has 0 bridgehead atoms. The summed E-state index contributed by atoms with van der Waals surface area (Å²) in [5, 5.41) is 0. The highest BCUT2D eigenvalue weighted by Crippen LogP contribution is 2.47. The molecule has 0 aromatic heterocycles. The highest BCUT2D eigenvalue weighted by Gasteiger charge is 2.50. The number of hydrogen-bond donors (Lipinski definition) is 0. The number of benzene rings is 3. The van der Waals surface area contributed by atoms with Gasteiger partial charge < -0.3 is 18.9 Å². The monoisotopic (exact) mass is 584 g/mol. The summed E-state index contributed by atoms with van der Waals surface area (Å²) in [5.41, 5.74) is 2.27. The van der Waals surface area contributed by atoms with Gasteiger partial charge in [-0.15, -0.1) is 0 Å². The van der Waals surface area contributed by atoms with Crippen molar-refractivity contribution in [1.29, 1.82) is 0 Å². The van der Waals surface area contributed by atoms with Crippen molar-refractivity contribution in [2.24, 2.45) is 11.8 Å². The molecule has 2 saturated carbocycles. The Kier molecular flexibility index (Phi) is 8.94. The second-order valence-corrected chi connectivity index (χ2v) is 11.2. The molecule has 3 aromatic carbocycles. The van der Waals surface area contributed by atoms with Crippen molar-refractivity contribution in [1.82, 2.24) is 0 Å². The maximum atomic E-state index is 13.9. The van der Waals surface area contributed by atoms with E-state index in [1.165, 1.54) is 14.2 Å². The zero-order valence-electron chi connectivity index (χ0n) is 24.8. The number of ketones is 4. The first kappa shape index (κ1) is 30.0. The van der Waals surface area contributed by atoms with E-state index in [1.807, 2.05) is 24.3 Å². The third kappa shape index (κ3) is 6.05. The van der Waals surface area contributed by atoms with Crippen LogP contribution >= 0.6 is 0 Å². The Bertz CT molecular complexity index is 1380. The van der Waals surface area contributed by atoms with E-state index in [1.54, 1.807) is 56.7 Å². The van der Waals surface area contributed by atoms with Crippen molar-refractivity contribution in [2.45, 2.75) is 43.4 Å². The summed E-state index contributed by atoms with van der Waals surface area (Å²) in [7, 11) is 6.16. The van der Waals surface area contributed by atoms with Gasteiger partial charge in [-0.05, 0) is 64.9 Å². The van der Waals surface area contributed by atoms with Crippen LogP contribution in [0, 0.1) is 11.8 Å². The van der Waals surface area contributed by atoms with Gasteiger partial charge in [0.15, 0.2) is 11.5 Å². The Morgan fingerprint density at radius 2 is 0.907 bits per heavy atom. The Hall–Kier alpha value is -4.46. The molecule has 2 fully saturated rings. The fourth-order valence-corrected chi connectivity index (χ4v) is 6.64.